The summed E-state index contributed by atoms with van der Waals surface area (Å²) in [7, 11) is 0. The molecule has 1 aromatic rings. The van der Waals surface area contributed by atoms with Crippen LogP contribution in [0.15, 0.2) is 35.9 Å². The quantitative estimate of drug-likeness (QED) is 0.467. The molecule has 0 saturated heterocycles. The minimum absolute atomic E-state index is 0. The Bertz CT molecular complexity index is 703. The fourth-order valence-electron chi connectivity index (χ4n) is 4.18. The van der Waals surface area contributed by atoms with Crippen molar-refractivity contribution in [2.45, 2.75) is 57.8 Å². The molecule has 0 radical (unpaired) electrons. The van der Waals surface area contributed by atoms with Gasteiger partial charge in [0.15, 0.2) is 0 Å². The molecule has 26 heavy (non-hydrogen) atoms. The maximum atomic E-state index is 11.0. The molecule has 1 spiro atoms. The van der Waals surface area contributed by atoms with E-state index < -0.39 is 5.97 Å². The minimum atomic E-state index is -0.831. The Morgan fingerprint density at radius 3 is 2.58 bits per heavy atom. The fourth-order valence-corrected chi connectivity index (χ4v) is 4.18. The zero-order valence-corrected chi connectivity index (χ0v) is 14.9. The number of aliphatic carboxylic acids is 1. The van der Waals surface area contributed by atoms with Crippen molar-refractivity contribution >= 4 is 35.5 Å². The van der Waals surface area contributed by atoms with Gasteiger partial charge in [-0.3, -0.25) is 4.79 Å². The summed E-state index contributed by atoms with van der Waals surface area (Å²) in [5.41, 5.74) is 2.89. The predicted octanol–water partition coefficient (Wildman–Crippen LogP) is 4.28. The molecule has 1 fully saturated rings. The van der Waals surface area contributed by atoms with E-state index in [2.05, 4.69) is 17.9 Å². The second-order valence-corrected chi connectivity index (χ2v) is 7.35. The zero-order chi connectivity index (χ0) is 17.7. The van der Waals surface area contributed by atoms with Gasteiger partial charge < -0.3 is 9.84 Å². The van der Waals surface area contributed by atoms with Gasteiger partial charge in [0.05, 0.1) is 12.3 Å². The summed E-state index contributed by atoms with van der Waals surface area (Å²) in [4.78, 5) is 11.0. The number of carbonyl (C=O) groups is 1. The Morgan fingerprint density at radius 2 is 1.96 bits per heavy atom. The molecule has 0 aromatic heterocycles. The SMILES string of the molecule is CC#CC(CC(=O)O)c1ccc(OCC2=CCC3(CCCC3)C2)cc1.[NaH]. The molecule has 0 amide bonds. The molecule has 3 rings (SSSR count). The van der Waals surface area contributed by atoms with Crippen molar-refractivity contribution in [3.8, 4) is 17.6 Å². The van der Waals surface area contributed by atoms with Gasteiger partial charge in [-0.25, -0.2) is 0 Å². The number of hydrogen-bond donors (Lipinski definition) is 1. The van der Waals surface area contributed by atoms with Crippen LogP contribution in [0.3, 0.4) is 0 Å². The van der Waals surface area contributed by atoms with Crippen molar-refractivity contribution in [1.82, 2.24) is 0 Å². The molecule has 0 bridgehead atoms. The monoisotopic (exact) mass is 362 g/mol. The van der Waals surface area contributed by atoms with E-state index in [1.165, 1.54) is 44.1 Å². The van der Waals surface area contributed by atoms with Crippen LogP contribution in [-0.4, -0.2) is 47.2 Å². The van der Waals surface area contributed by atoms with E-state index in [9.17, 15) is 4.79 Å². The van der Waals surface area contributed by atoms with Gasteiger partial charge in [0.25, 0.3) is 0 Å². The molecule has 134 valence electrons. The standard InChI is InChI=1S/C22H26O3.Na.H/c1-2-5-19(14-21(23)24)18-6-8-20(9-7-18)25-16-17-10-13-22(15-17)11-3-4-12-22;;/h6-10,19H,3-4,11-16H2,1H3,(H,23,24);;. The number of allylic oxidation sites excluding steroid dienone is 1. The van der Waals surface area contributed by atoms with Crippen molar-refractivity contribution < 1.29 is 14.6 Å². The van der Waals surface area contributed by atoms with Crippen molar-refractivity contribution in [3.05, 3.63) is 41.5 Å². The molecular weight excluding hydrogens is 335 g/mol. The number of carboxylic acids is 1. The number of rotatable bonds is 6. The second kappa shape index (κ2) is 9.65. The average molecular weight is 362 g/mol. The van der Waals surface area contributed by atoms with Crippen LogP contribution in [0, 0.1) is 17.3 Å². The molecule has 0 aliphatic heterocycles. The first-order valence-corrected chi connectivity index (χ1v) is 9.15. The molecule has 4 heteroatoms. The summed E-state index contributed by atoms with van der Waals surface area (Å²) in [6.07, 6.45) is 10.3. The topological polar surface area (TPSA) is 46.5 Å². The van der Waals surface area contributed by atoms with Crippen LogP contribution in [0.1, 0.15) is 63.4 Å². The third-order valence-electron chi connectivity index (χ3n) is 5.49. The molecule has 1 aromatic carbocycles. The summed E-state index contributed by atoms with van der Waals surface area (Å²) in [6, 6.07) is 7.69. The van der Waals surface area contributed by atoms with Crippen LogP contribution < -0.4 is 4.74 Å². The molecule has 2 aliphatic carbocycles. The Labute approximate surface area is 178 Å². The van der Waals surface area contributed by atoms with E-state index in [4.69, 9.17) is 9.84 Å². The van der Waals surface area contributed by atoms with Crippen molar-refractivity contribution in [3.63, 3.8) is 0 Å². The van der Waals surface area contributed by atoms with Gasteiger partial charge in [0, 0.05) is 0 Å². The van der Waals surface area contributed by atoms with E-state index in [-0.39, 0.29) is 41.9 Å². The Balaban J connectivity index is 0.00000243. The van der Waals surface area contributed by atoms with Crippen LogP contribution in [0.25, 0.3) is 0 Å². The van der Waals surface area contributed by atoms with Crippen LogP contribution in [0.5, 0.6) is 5.75 Å². The molecule has 3 nitrogen and oxygen atoms in total. The second-order valence-electron chi connectivity index (χ2n) is 7.35. The van der Waals surface area contributed by atoms with E-state index in [1.54, 1.807) is 6.92 Å². The van der Waals surface area contributed by atoms with Gasteiger partial charge in [-0.2, -0.15) is 0 Å². The van der Waals surface area contributed by atoms with E-state index in [0.29, 0.717) is 12.0 Å². The molecule has 0 heterocycles. The van der Waals surface area contributed by atoms with Crippen LogP contribution >= 0.6 is 0 Å². The van der Waals surface area contributed by atoms with Gasteiger partial charge in [0.2, 0.25) is 0 Å². The summed E-state index contributed by atoms with van der Waals surface area (Å²) >= 11 is 0. The molecular formula is C22H27NaO3. The molecule has 1 atom stereocenters. The van der Waals surface area contributed by atoms with Crippen molar-refractivity contribution in [2.24, 2.45) is 5.41 Å². The van der Waals surface area contributed by atoms with Crippen molar-refractivity contribution in [2.75, 3.05) is 6.61 Å². The average Bonchev–Trinajstić information content (AvgIpc) is 3.23. The van der Waals surface area contributed by atoms with Gasteiger partial charge in [-0.15, -0.1) is 5.92 Å². The Kier molecular flexibility index (Phi) is 7.83. The molecule has 1 saturated carbocycles. The summed E-state index contributed by atoms with van der Waals surface area (Å²) in [6.45, 7) is 2.40. The van der Waals surface area contributed by atoms with Crippen molar-refractivity contribution in [1.29, 1.82) is 0 Å². The normalized spacial score (nSPS) is 18.4. The first kappa shape index (κ1) is 21.1. The summed E-state index contributed by atoms with van der Waals surface area (Å²) < 4.78 is 5.95. The molecule has 1 N–H and O–H groups in total. The van der Waals surface area contributed by atoms with Crippen LogP contribution in [0.2, 0.25) is 0 Å². The van der Waals surface area contributed by atoms with Gasteiger partial charge in [-0.1, -0.05) is 37.0 Å². The zero-order valence-electron chi connectivity index (χ0n) is 14.9. The molecule has 1 unspecified atom stereocenters. The first-order chi connectivity index (χ1) is 12.1. The Hall–Kier alpha value is -1.21. The predicted molar refractivity (Wildman–Crippen MR) is 106 cm³/mol. The van der Waals surface area contributed by atoms with Gasteiger partial charge >= 0.3 is 35.5 Å². The number of carboxylic acid groups (broad SMARTS) is 1. The third kappa shape index (κ3) is 5.39. The van der Waals surface area contributed by atoms with Gasteiger partial charge in [0.1, 0.15) is 12.4 Å². The van der Waals surface area contributed by atoms with E-state index >= 15 is 0 Å². The number of benzene rings is 1. The van der Waals surface area contributed by atoms with Gasteiger partial charge in [-0.05, 0) is 61.3 Å². The summed E-state index contributed by atoms with van der Waals surface area (Å²) in [5, 5.41) is 9.02. The fraction of sp³-hybridized carbons (Fsp3) is 0.500. The summed E-state index contributed by atoms with van der Waals surface area (Å²) in [5.74, 6) is 5.52. The van der Waals surface area contributed by atoms with Crippen LogP contribution in [-0.2, 0) is 4.79 Å². The van der Waals surface area contributed by atoms with Crippen LogP contribution in [0.4, 0.5) is 0 Å². The number of ether oxygens (including phenoxy) is 1. The Morgan fingerprint density at radius 1 is 1.27 bits per heavy atom. The number of hydrogen-bond acceptors (Lipinski definition) is 2. The van der Waals surface area contributed by atoms with E-state index in [1.807, 2.05) is 24.3 Å². The molecule has 2 aliphatic rings. The van der Waals surface area contributed by atoms with E-state index in [0.717, 1.165) is 11.3 Å². The third-order valence-corrected chi connectivity index (χ3v) is 5.49. The first-order valence-electron chi connectivity index (χ1n) is 9.15. The maximum absolute atomic E-state index is 11.0.